The lowest BCUT2D eigenvalue weighted by Gasteiger charge is -2.14. The first-order chi connectivity index (χ1) is 11.5. The summed E-state index contributed by atoms with van der Waals surface area (Å²) >= 11 is 0. The highest BCUT2D eigenvalue weighted by Crippen LogP contribution is 2.29. The van der Waals surface area contributed by atoms with Crippen molar-refractivity contribution >= 4 is 0 Å². The number of likely N-dealkylation sites (N-methyl/N-ethyl adjacent to an activating group) is 1. The third-order valence-electron chi connectivity index (χ3n) is 4.13. The molecule has 24 heavy (non-hydrogen) atoms. The molecule has 2 aromatic rings. The summed E-state index contributed by atoms with van der Waals surface area (Å²) in [6, 6.07) is 12.9. The van der Waals surface area contributed by atoms with Gasteiger partial charge in [0.05, 0.1) is 0 Å². The maximum atomic E-state index is 14.2. The molecule has 1 unspecified atom stereocenters. The maximum Gasteiger partial charge on any atom is 0.131 e. The van der Waals surface area contributed by atoms with Gasteiger partial charge >= 0.3 is 0 Å². The van der Waals surface area contributed by atoms with Crippen LogP contribution in [0, 0.1) is 5.82 Å². The van der Waals surface area contributed by atoms with Crippen molar-refractivity contribution in [3.8, 4) is 16.9 Å². The van der Waals surface area contributed by atoms with Crippen molar-refractivity contribution < 1.29 is 9.13 Å². The van der Waals surface area contributed by atoms with Crippen LogP contribution in [0.15, 0.2) is 42.5 Å². The van der Waals surface area contributed by atoms with Gasteiger partial charge in [-0.15, -0.1) is 0 Å². The summed E-state index contributed by atoms with van der Waals surface area (Å²) in [6.07, 6.45) is 0.893. The van der Waals surface area contributed by atoms with Gasteiger partial charge in [0.15, 0.2) is 0 Å². The van der Waals surface area contributed by atoms with Gasteiger partial charge in [0.25, 0.3) is 0 Å². The van der Waals surface area contributed by atoms with E-state index < -0.39 is 0 Å². The Morgan fingerprint density at radius 3 is 2.46 bits per heavy atom. The molecular formula is C20H27FN2O. The molecule has 2 N–H and O–H groups in total. The van der Waals surface area contributed by atoms with Crippen LogP contribution in [-0.2, 0) is 0 Å². The fourth-order valence-electron chi connectivity index (χ4n) is 2.56. The number of ether oxygens (including phenoxy) is 1. The van der Waals surface area contributed by atoms with Gasteiger partial charge in [0.2, 0.25) is 0 Å². The lowest BCUT2D eigenvalue weighted by atomic mass is 9.94. The minimum atomic E-state index is -0.208. The smallest absolute Gasteiger partial charge is 0.131 e. The van der Waals surface area contributed by atoms with Crippen LogP contribution in [0.4, 0.5) is 4.39 Å². The van der Waals surface area contributed by atoms with Crippen molar-refractivity contribution in [1.29, 1.82) is 0 Å². The van der Waals surface area contributed by atoms with Crippen molar-refractivity contribution in [1.82, 2.24) is 4.90 Å². The molecule has 0 bridgehead atoms. The second-order valence-corrected chi connectivity index (χ2v) is 6.39. The normalized spacial score (nSPS) is 12.4. The lowest BCUT2D eigenvalue weighted by Crippen LogP contribution is -2.19. The van der Waals surface area contributed by atoms with Gasteiger partial charge in [-0.1, -0.05) is 25.1 Å². The molecule has 2 rings (SSSR count). The van der Waals surface area contributed by atoms with E-state index in [1.807, 2.05) is 50.5 Å². The van der Waals surface area contributed by atoms with Crippen LogP contribution in [0.3, 0.4) is 0 Å². The van der Waals surface area contributed by atoms with Gasteiger partial charge in [-0.2, -0.15) is 0 Å². The summed E-state index contributed by atoms with van der Waals surface area (Å²) in [6.45, 7) is 4.24. The van der Waals surface area contributed by atoms with Crippen molar-refractivity contribution in [3.05, 3.63) is 53.8 Å². The van der Waals surface area contributed by atoms with Crippen LogP contribution in [0.5, 0.6) is 5.75 Å². The summed E-state index contributed by atoms with van der Waals surface area (Å²) in [7, 11) is 4.02. The minimum Gasteiger partial charge on any atom is -0.492 e. The van der Waals surface area contributed by atoms with Crippen molar-refractivity contribution in [2.75, 3.05) is 33.8 Å². The van der Waals surface area contributed by atoms with Crippen LogP contribution in [0.1, 0.15) is 24.8 Å². The van der Waals surface area contributed by atoms with E-state index in [1.165, 1.54) is 0 Å². The topological polar surface area (TPSA) is 38.5 Å². The highest BCUT2D eigenvalue weighted by Gasteiger charge is 2.10. The number of benzene rings is 2. The zero-order valence-corrected chi connectivity index (χ0v) is 14.8. The van der Waals surface area contributed by atoms with E-state index in [2.05, 4.69) is 11.8 Å². The Kier molecular flexibility index (Phi) is 6.76. The van der Waals surface area contributed by atoms with Crippen LogP contribution >= 0.6 is 0 Å². The molecule has 2 aromatic carbocycles. The number of nitrogens with two attached hydrogens (primary N) is 1. The maximum absolute atomic E-state index is 14.2. The third kappa shape index (κ3) is 5.05. The molecule has 0 radical (unpaired) electrons. The van der Waals surface area contributed by atoms with Crippen molar-refractivity contribution in [3.63, 3.8) is 0 Å². The Labute approximate surface area is 144 Å². The molecule has 0 saturated carbocycles. The quantitative estimate of drug-likeness (QED) is 0.798. The Morgan fingerprint density at radius 1 is 1.12 bits per heavy atom. The third-order valence-corrected chi connectivity index (χ3v) is 4.13. The predicted molar refractivity (Wildman–Crippen MR) is 98.0 cm³/mol. The summed E-state index contributed by atoms with van der Waals surface area (Å²) in [5, 5.41) is 0. The Balaban J connectivity index is 2.14. The molecule has 0 fully saturated rings. The van der Waals surface area contributed by atoms with Gasteiger partial charge in [-0.25, -0.2) is 4.39 Å². The second-order valence-electron chi connectivity index (χ2n) is 6.39. The Bertz CT molecular complexity index is 641. The predicted octanol–water partition coefficient (Wildman–Crippen LogP) is 3.89. The molecule has 0 aliphatic carbocycles. The fraction of sp³-hybridized carbons (Fsp3) is 0.400. The largest absolute Gasteiger partial charge is 0.492 e. The molecule has 0 saturated heterocycles. The molecule has 1 atom stereocenters. The molecule has 4 heteroatoms. The number of halogens is 1. The van der Waals surface area contributed by atoms with Crippen LogP contribution in [0.25, 0.3) is 11.1 Å². The zero-order valence-electron chi connectivity index (χ0n) is 14.8. The molecule has 0 aromatic heterocycles. The van der Waals surface area contributed by atoms with E-state index in [-0.39, 0.29) is 5.82 Å². The molecule has 3 nitrogen and oxygen atoms in total. The summed E-state index contributed by atoms with van der Waals surface area (Å²) < 4.78 is 19.9. The summed E-state index contributed by atoms with van der Waals surface area (Å²) in [4.78, 5) is 2.07. The fourth-order valence-corrected chi connectivity index (χ4v) is 2.56. The number of hydrogen-bond donors (Lipinski definition) is 1. The highest BCUT2D eigenvalue weighted by molar-refractivity contribution is 5.66. The van der Waals surface area contributed by atoms with Gasteiger partial charge in [-0.05, 0) is 68.4 Å². The van der Waals surface area contributed by atoms with Gasteiger partial charge < -0.3 is 15.4 Å². The average molecular weight is 330 g/mol. The zero-order chi connectivity index (χ0) is 17.5. The first-order valence-electron chi connectivity index (χ1n) is 8.38. The Morgan fingerprint density at radius 2 is 1.83 bits per heavy atom. The Hall–Kier alpha value is -1.91. The molecule has 0 aliphatic rings. The van der Waals surface area contributed by atoms with E-state index in [9.17, 15) is 4.39 Å². The van der Waals surface area contributed by atoms with Gasteiger partial charge in [-0.3, -0.25) is 0 Å². The van der Waals surface area contributed by atoms with E-state index >= 15 is 0 Å². The average Bonchev–Trinajstić information content (AvgIpc) is 2.56. The molecule has 0 spiro atoms. The van der Waals surface area contributed by atoms with Crippen molar-refractivity contribution in [2.45, 2.75) is 19.3 Å². The second kappa shape index (κ2) is 8.81. The SMILES string of the molecule is CC(CCN)c1ccc(F)c(-c2ccc(OCCN(C)C)cc2)c1. The molecule has 0 aliphatic heterocycles. The first kappa shape index (κ1) is 18.4. The van der Waals surface area contributed by atoms with Crippen LogP contribution in [-0.4, -0.2) is 38.7 Å². The summed E-state index contributed by atoms with van der Waals surface area (Å²) in [5.74, 6) is 0.914. The standard InChI is InChI=1S/C20H27FN2O/c1-15(10-11-22)17-6-9-20(21)19(14-17)16-4-7-18(8-5-16)24-13-12-23(2)3/h4-9,14-15H,10-13,22H2,1-3H3. The van der Waals surface area contributed by atoms with E-state index in [0.717, 1.165) is 29.8 Å². The van der Waals surface area contributed by atoms with E-state index in [1.54, 1.807) is 6.07 Å². The van der Waals surface area contributed by atoms with Crippen LogP contribution in [0.2, 0.25) is 0 Å². The monoisotopic (exact) mass is 330 g/mol. The van der Waals surface area contributed by atoms with E-state index in [0.29, 0.717) is 24.6 Å². The van der Waals surface area contributed by atoms with Crippen molar-refractivity contribution in [2.24, 2.45) is 5.73 Å². The number of rotatable bonds is 8. The highest BCUT2D eigenvalue weighted by atomic mass is 19.1. The number of hydrogen-bond acceptors (Lipinski definition) is 3. The first-order valence-corrected chi connectivity index (χ1v) is 8.38. The molecule has 0 heterocycles. The van der Waals surface area contributed by atoms with Gasteiger partial charge in [0.1, 0.15) is 18.2 Å². The van der Waals surface area contributed by atoms with Crippen LogP contribution < -0.4 is 10.5 Å². The van der Waals surface area contributed by atoms with E-state index in [4.69, 9.17) is 10.5 Å². The minimum absolute atomic E-state index is 0.208. The lowest BCUT2D eigenvalue weighted by molar-refractivity contribution is 0.261. The summed E-state index contributed by atoms with van der Waals surface area (Å²) in [5.41, 5.74) is 8.22. The van der Waals surface area contributed by atoms with Gasteiger partial charge in [0, 0.05) is 12.1 Å². The molecule has 0 amide bonds. The number of nitrogens with zero attached hydrogens (tertiary/aromatic N) is 1. The molecular weight excluding hydrogens is 303 g/mol. The molecule has 130 valence electrons.